The largest absolute Gasteiger partial charge is 0.385 e. The fourth-order valence-corrected chi connectivity index (χ4v) is 2.55. The van der Waals surface area contributed by atoms with E-state index >= 15 is 0 Å². The minimum absolute atomic E-state index is 0.283. The van der Waals surface area contributed by atoms with Gasteiger partial charge in [-0.15, -0.1) is 0 Å². The van der Waals surface area contributed by atoms with Crippen molar-refractivity contribution in [1.82, 2.24) is 14.7 Å². The summed E-state index contributed by atoms with van der Waals surface area (Å²) in [6.07, 6.45) is 2.27. The molecule has 1 rings (SSSR count). The van der Waals surface area contributed by atoms with Gasteiger partial charge < -0.3 is 5.11 Å². The first kappa shape index (κ1) is 15.2. The van der Waals surface area contributed by atoms with E-state index in [2.05, 4.69) is 44.6 Å². The summed E-state index contributed by atoms with van der Waals surface area (Å²) in [5, 5.41) is 15.0. The van der Waals surface area contributed by atoms with Crippen molar-refractivity contribution in [1.29, 1.82) is 0 Å². The molecule has 0 saturated heterocycles. The van der Waals surface area contributed by atoms with Crippen molar-refractivity contribution in [2.75, 3.05) is 13.1 Å². The zero-order valence-electron chi connectivity index (χ0n) is 12.3. The van der Waals surface area contributed by atoms with Crippen LogP contribution in [0.4, 0.5) is 0 Å². The van der Waals surface area contributed by atoms with Gasteiger partial charge in [-0.05, 0) is 39.4 Å². The molecule has 0 aliphatic heterocycles. The zero-order chi connectivity index (χ0) is 13.8. The van der Waals surface area contributed by atoms with Gasteiger partial charge in [-0.1, -0.05) is 20.8 Å². The third-order valence-electron chi connectivity index (χ3n) is 3.71. The molecular weight excluding hydrogens is 226 g/mol. The highest BCUT2D eigenvalue weighted by molar-refractivity contribution is 5.11. The van der Waals surface area contributed by atoms with Gasteiger partial charge in [-0.2, -0.15) is 5.10 Å². The summed E-state index contributed by atoms with van der Waals surface area (Å²) in [5.41, 5.74) is 0.628. The molecule has 1 aromatic rings. The van der Waals surface area contributed by atoms with E-state index in [0.29, 0.717) is 0 Å². The second kappa shape index (κ2) is 6.34. The maximum atomic E-state index is 10.7. The normalized spacial score (nSPS) is 14.2. The highest BCUT2D eigenvalue weighted by Gasteiger charge is 2.35. The molecule has 18 heavy (non-hydrogen) atoms. The van der Waals surface area contributed by atoms with E-state index in [9.17, 15) is 5.11 Å². The van der Waals surface area contributed by atoms with Gasteiger partial charge in [-0.25, -0.2) is 0 Å². The number of aromatic nitrogens is 2. The molecule has 0 spiro atoms. The number of likely N-dealkylation sites (N-methyl/N-ethyl adjacent to an activating group) is 1. The van der Waals surface area contributed by atoms with E-state index in [-0.39, 0.29) is 5.54 Å². The maximum Gasteiger partial charge on any atom is 0.113 e. The van der Waals surface area contributed by atoms with Crippen LogP contribution < -0.4 is 0 Å². The topological polar surface area (TPSA) is 41.3 Å². The second-order valence-electron chi connectivity index (χ2n) is 5.21. The molecule has 0 radical (unpaired) electrons. The third kappa shape index (κ3) is 2.93. The monoisotopic (exact) mass is 253 g/mol. The molecule has 1 heterocycles. The van der Waals surface area contributed by atoms with E-state index in [1.54, 1.807) is 6.20 Å². The minimum Gasteiger partial charge on any atom is -0.385 e. The Morgan fingerprint density at radius 2 is 1.94 bits per heavy atom. The molecule has 0 aromatic carbocycles. The predicted octanol–water partition coefficient (Wildman–Crippen LogP) is 2.45. The summed E-state index contributed by atoms with van der Waals surface area (Å²) < 4.78 is 1.91. The van der Waals surface area contributed by atoms with Crippen molar-refractivity contribution in [3.8, 4) is 0 Å². The second-order valence-corrected chi connectivity index (χ2v) is 5.21. The molecule has 1 aromatic heterocycles. The fraction of sp³-hybridized carbons (Fsp3) is 0.786. The van der Waals surface area contributed by atoms with E-state index in [0.717, 1.165) is 31.7 Å². The lowest BCUT2D eigenvalue weighted by molar-refractivity contribution is -0.0112. The standard InChI is InChI=1S/C14H27N3O/c1-6-11-17-12(9-10-15-17)13(18)14(4,5)16(7-2)8-3/h9-10,13,18H,6-8,11H2,1-5H3. The Hall–Kier alpha value is -0.870. The molecule has 4 heteroatoms. The number of nitrogens with zero attached hydrogens (tertiary/aromatic N) is 3. The number of aliphatic hydroxyl groups is 1. The highest BCUT2D eigenvalue weighted by atomic mass is 16.3. The number of aliphatic hydroxyl groups excluding tert-OH is 1. The Balaban J connectivity index is 2.97. The Morgan fingerprint density at radius 3 is 2.44 bits per heavy atom. The van der Waals surface area contributed by atoms with Gasteiger partial charge in [0.1, 0.15) is 6.10 Å². The molecular formula is C14H27N3O. The van der Waals surface area contributed by atoms with Crippen LogP contribution in [0.25, 0.3) is 0 Å². The molecule has 0 aliphatic rings. The van der Waals surface area contributed by atoms with Crippen LogP contribution in [0.15, 0.2) is 12.3 Å². The quantitative estimate of drug-likeness (QED) is 0.811. The minimum atomic E-state index is -0.522. The zero-order valence-corrected chi connectivity index (χ0v) is 12.3. The molecule has 0 bridgehead atoms. The lowest BCUT2D eigenvalue weighted by Crippen LogP contribution is -2.48. The average molecular weight is 253 g/mol. The maximum absolute atomic E-state index is 10.7. The first-order valence-corrected chi connectivity index (χ1v) is 6.93. The van der Waals surface area contributed by atoms with Crippen LogP contribution in [0.1, 0.15) is 52.8 Å². The van der Waals surface area contributed by atoms with Crippen LogP contribution in [0.5, 0.6) is 0 Å². The molecule has 4 nitrogen and oxygen atoms in total. The molecule has 1 N–H and O–H groups in total. The van der Waals surface area contributed by atoms with Gasteiger partial charge in [0.15, 0.2) is 0 Å². The fourth-order valence-electron chi connectivity index (χ4n) is 2.55. The van der Waals surface area contributed by atoms with Crippen LogP contribution >= 0.6 is 0 Å². The Morgan fingerprint density at radius 1 is 1.33 bits per heavy atom. The van der Waals surface area contributed by atoms with Gasteiger partial charge in [0.05, 0.1) is 5.69 Å². The van der Waals surface area contributed by atoms with Crippen molar-refractivity contribution >= 4 is 0 Å². The van der Waals surface area contributed by atoms with Gasteiger partial charge >= 0.3 is 0 Å². The lowest BCUT2D eigenvalue weighted by atomic mass is 9.92. The van der Waals surface area contributed by atoms with Crippen LogP contribution in [-0.4, -0.2) is 38.4 Å². The third-order valence-corrected chi connectivity index (χ3v) is 3.71. The summed E-state index contributed by atoms with van der Waals surface area (Å²) >= 11 is 0. The molecule has 0 fully saturated rings. The smallest absolute Gasteiger partial charge is 0.113 e. The molecule has 104 valence electrons. The SMILES string of the molecule is CCCn1nccc1C(O)C(C)(C)N(CC)CC. The molecule has 0 amide bonds. The summed E-state index contributed by atoms with van der Waals surface area (Å²) in [7, 11) is 0. The lowest BCUT2D eigenvalue weighted by Gasteiger charge is -2.41. The molecule has 1 atom stereocenters. The summed E-state index contributed by atoms with van der Waals surface area (Å²) in [4.78, 5) is 2.28. The van der Waals surface area contributed by atoms with E-state index in [4.69, 9.17) is 0 Å². The molecule has 0 saturated carbocycles. The number of hydrogen-bond donors (Lipinski definition) is 1. The summed E-state index contributed by atoms with van der Waals surface area (Å²) in [6.45, 7) is 13.3. The Kier molecular flexibility index (Phi) is 5.35. The molecule has 0 aliphatic carbocycles. The van der Waals surface area contributed by atoms with Gasteiger partial charge in [0.25, 0.3) is 0 Å². The van der Waals surface area contributed by atoms with Crippen molar-refractivity contribution < 1.29 is 5.11 Å². The molecule has 1 unspecified atom stereocenters. The predicted molar refractivity (Wildman–Crippen MR) is 74.5 cm³/mol. The van der Waals surface area contributed by atoms with E-state index < -0.39 is 6.10 Å². The van der Waals surface area contributed by atoms with Crippen molar-refractivity contribution in [3.05, 3.63) is 18.0 Å². The number of hydrogen-bond acceptors (Lipinski definition) is 3. The van der Waals surface area contributed by atoms with Crippen LogP contribution in [-0.2, 0) is 6.54 Å². The van der Waals surface area contributed by atoms with Crippen molar-refractivity contribution in [2.24, 2.45) is 0 Å². The Labute approximate surface area is 111 Å². The van der Waals surface area contributed by atoms with Crippen LogP contribution in [0.3, 0.4) is 0 Å². The number of rotatable bonds is 7. The van der Waals surface area contributed by atoms with Crippen molar-refractivity contribution in [2.45, 2.75) is 59.2 Å². The van der Waals surface area contributed by atoms with Gasteiger partial charge in [-0.3, -0.25) is 9.58 Å². The van der Waals surface area contributed by atoms with Crippen LogP contribution in [0, 0.1) is 0 Å². The first-order chi connectivity index (χ1) is 8.48. The van der Waals surface area contributed by atoms with E-state index in [1.165, 1.54) is 0 Å². The van der Waals surface area contributed by atoms with Crippen LogP contribution in [0.2, 0.25) is 0 Å². The van der Waals surface area contributed by atoms with E-state index in [1.807, 2.05) is 10.7 Å². The average Bonchev–Trinajstić information content (AvgIpc) is 2.78. The highest BCUT2D eigenvalue weighted by Crippen LogP contribution is 2.30. The number of aryl methyl sites for hydroxylation is 1. The summed E-state index contributed by atoms with van der Waals surface area (Å²) in [6, 6.07) is 1.92. The summed E-state index contributed by atoms with van der Waals surface area (Å²) in [5.74, 6) is 0. The van der Waals surface area contributed by atoms with Gasteiger partial charge in [0, 0.05) is 18.3 Å². The van der Waals surface area contributed by atoms with Gasteiger partial charge in [0.2, 0.25) is 0 Å². The Bertz CT molecular complexity index is 356. The van der Waals surface area contributed by atoms with Crippen molar-refractivity contribution in [3.63, 3.8) is 0 Å². The first-order valence-electron chi connectivity index (χ1n) is 6.93.